The van der Waals surface area contributed by atoms with E-state index in [1.807, 2.05) is 0 Å². The minimum absolute atomic E-state index is 0.103. The van der Waals surface area contributed by atoms with E-state index >= 15 is 4.39 Å². The minimum atomic E-state index is -0.623. The number of piperidine rings is 1. The Kier molecular flexibility index (Phi) is 5.80. The van der Waals surface area contributed by atoms with Crippen molar-refractivity contribution in [1.82, 2.24) is 25.2 Å². The molecule has 0 aliphatic carbocycles. The molecule has 0 spiro atoms. The molecule has 3 saturated heterocycles. The number of thiazole rings is 1. The molecule has 2 bridgehead atoms. The van der Waals surface area contributed by atoms with Crippen LogP contribution >= 0.6 is 22.9 Å². The molecule has 5 heterocycles. The summed E-state index contributed by atoms with van der Waals surface area (Å²) >= 11 is 7.75. The third-order valence-electron chi connectivity index (χ3n) is 8.04. The maximum absolute atomic E-state index is 16.5. The lowest BCUT2D eigenvalue weighted by Crippen LogP contribution is -2.68. The van der Waals surface area contributed by atoms with Gasteiger partial charge in [-0.15, -0.1) is 0 Å². The van der Waals surface area contributed by atoms with Crippen molar-refractivity contribution in [2.45, 2.75) is 37.4 Å². The smallest absolute Gasteiger partial charge is 0.319 e. The van der Waals surface area contributed by atoms with Crippen molar-refractivity contribution >= 4 is 55.0 Å². The summed E-state index contributed by atoms with van der Waals surface area (Å²) in [7, 11) is 2.07. The van der Waals surface area contributed by atoms with Crippen LogP contribution in [-0.4, -0.2) is 71.3 Å². The van der Waals surface area contributed by atoms with E-state index < -0.39 is 11.6 Å². The summed E-state index contributed by atoms with van der Waals surface area (Å²) in [4.78, 5) is 18.1. The molecule has 0 radical (unpaired) electrons. The predicted molar refractivity (Wildman–Crippen MR) is 146 cm³/mol. The van der Waals surface area contributed by atoms with Crippen LogP contribution in [-0.2, 0) is 0 Å². The van der Waals surface area contributed by atoms with Gasteiger partial charge in [0.2, 0.25) is 0 Å². The van der Waals surface area contributed by atoms with E-state index in [1.54, 1.807) is 6.07 Å². The van der Waals surface area contributed by atoms with Crippen LogP contribution in [0.1, 0.15) is 19.3 Å². The molecule has 4 aromatic rings. The summed E-state index contributed by atoms with van der Waals surface area (Å²) in [6.07, 6.45) is 3.20. The lowest BCUT2D eigenvalue weighted by molar-refractivity contribution is 0.187. The first-order chi connectivity index (χ1) is 18.4. The Bertz CT molecular complexity index is 1570. The third-order valence-corrected chi connectivity index (χ3v) is 9.23. The van der Waals surface area contributed by atoms with Gasteiger partial charge in [0.05, 0.1) is 15.2 Å². The molecule has 7 rings (SSSR count). The fraction of sp³-hybridized carbons (Fsp3) is 0.423. The number of anilines is 2. The molecule has 198 valence electrons. The van der Waals surface area contributed by atoms with Crippen LogP contribution in [0, 0.1) is 11.6 Å². The van der Waals surface area contributed by atoms with Crippen molar-refractivity contribution in [3.63, 3.8) is 0 Å². The van der Waals surface area contributed by atoms with E-state index in [1.165, 1.54) is 12.1 Å². The highest BCUT2D eigenvalue weighted by Gasteiger charge is 2.43. The zero-order valence-corrected chi connectivity index (χ0v) is 22.3. The molecule has 8 nitrogen and oxygen atoms in total. The molecule has 38 heavy (non-hydrogen) atoms. The van der Waals surface area contributed by atoms with Crippen molar-refractivity contribution < 1.29 is 13.5 Å². The molecule has 3 aliphatic rings. The van der Waals surface area contributed by atoms with Crippen LogP contribution in [0.4, 0.5) is 19.7 Å². The third kappa shape index (κ3) is 3.78. The number of halogens is 3. The van der Waals surface area contributed by atoms with Gasteiger partial charge >= 0.3 is 6.01 Å². The van der Waals surface area contributed by atoms with E-state index in [0.717, 1.165) is 50.2 Å². The first-order valence-corrected chi connectivity index (χ1v) is 13.9. The number of likely N-dealkylation sites (tertiary alicyclic amines) is 1. The van der Waals surface area contributed by atoms with E-state index in [-0.39, 0.29) is 55.6 Å². The van der Waals surface area contributed by atoms with Gasteiger partial charge in [0.15, 0.2) is 10.9 Å². The average Bonchev–Trinajstić information content (AvgIpc) is 3.50. The number of likely N-dealkylation sites (N-methyl/N-ethyl adjacent to an activating group) is 1. The van der Waals surface area contributed by atoms with Gasteiger partial charge in [-0.1, -0.05) is 22.9 Å². The second-order valence-corrected chi connectivity index (χ2v) is 11.7. The Hall–Kier alpha value is -2.86. The molecule has 0 amide bonds. The number of piperazine rings is 1. The highest BCUT2D eigenvalue weighted by Crippen LogP contribution is 2.44. The minimum Gasteiger partial charge on any atom is -0.462 e. The molecule has 3 N–H and O–H groups in total. The zero-order chi connectivity index (χ0) is 26.1. The average molecular weight is 558 g/mol. The van der Waals surface area contributed by atoms with Gasteiger partial charge in [-0.05, 0) is 51.1 Å². The summed E-state index contributed by atoms with van der Waals surface area (Å²) in [6.45, 7) is 3.11. The summed E-state index contributed by atoms with van der Waals surface area (Å²) in [5, 5.41) is 4.31. The first kappa shape index (κ1) is 24.2. The molecule has 12 heteroatoms. The van der Waals surface area contributed by atoms with Crippen molar-refractivity contribution in [3.05, 3.63) is 34.9 Å². The number of nitrogen functional groups attached to an aromatic ring is 1. The van der Waals surface area contributed by atoms with E-state index in [9.17, 15) is 4.39 Å². The molecule has 3 aliphatic heterocycles. The predicted octanol–water partition coefficient (Wildman–Crippen LogP) is 4.44. The number of fused-ring (bicyclic) bond motifs is 4. The fourth-order valence-corrected chi connectivity index (χ4v) is 7.11. The highest BCUT2D eigenvalue weighted by atomic mass is 35.5. The van der Waals surface area contributed by atoms with Gasteiger partial charge in [-0.3, -0.25) is 0 Å². The first-order valence-electron chi connectivity index (χ1n) is 12.8. The Balaban J connectivity index is 1.39. The second kappa shape index (κ2) is 9.11. The molecular weight excluding hydrogens is 532 g/mol. The maximum atomic E-state index is 16.5. The molecule has 3 fully saturated rings. The number of nitrogens with one attached hydrogen (secondary N) is 1. The Morgan fingerprint density at radius 2 is 2.00 bits per heavy atom. The van der Waals surface area contributed by atoms with E-state index in [0.29, 0.717) is 23.4 Å². The van der Waals surface area contributed by atoms with Gasteiger partial charge in [0.25, 0.3) is 0 Å². The van der Waals surface area contributed by atoms with Gasteiger partial charge in [0.1, 0.15) is 23.8 Å². The molecule has 0 saturated carbocycles. The van der Waals surface area contributed by atoms with Crippen LogP contribution in [0.3, 0.4) is 0 Å². The number of hydrogen-bond acceptors (Lipinski definition) is 9. The molecule has 2 aromatic heterocycles. The van der Waals surface area contributed by atoms with Crippen molar-refractivity contribution in [1.29, 1.82) is 0 Å². The quantitative estimate of drug-likeness (QED) is 0.372. The Morgan fingerprint density at radius 3 is 2.74 bits per heavy atom. The fourth-order valence-electron chi connectivity index (χ4n) is 6.05. The van der Waals surface area contributed by atoms with Gasteiger partial charge in [-0.2, -0.15) is 9.97 Å². The van der Waals surface area contributed by atoms with Crippen LogP contribution in [0.15, 0.2) is 18.2 Å². The van der Waals surface area contributed by atoms with Crippen LogP contribution in [0.25, 0.3) is 32.2 Å². The molecule has 3 atom stereocenters. The summed E-state index contributed by atoms with van der Waals surface area (Å²) in [5.74, 6) is -0.463. The van der Waals surface area contributed by atoms with Crippen molar-refractivity contribution in [3.8, 4) is 17.1 Å². The van der Waals surface area contributed by atoms with Crippen LogP contribution < -0.4 is 20.7 Å². The standard InChI is InChI=1S/C26H26ClF2N7OS/c1-35-6-2-3-12(35)11-37-26-33-21-16(24(34-26)36-13-7-14(36)10-31-9-13)8-17(27)19(20(21)29)15-4-5-18(28)23-22(15)32-25(30)38-23/h4-5,8,12-14,31H,2-3,6-7,9-11H2,1H3,(H2,30,32)/t12-,13?,14?/m0/s1. The van der Waals surface area contributed by atoms with E-state index in [4.69, 9.17) is 27.1 Å². The highest BCUT2D eigenvalue weighted by molar-refractivity contribution is 7.22. The van der Waals surface area contributed by atoms with Crippen LogP contribution in [0.2, 0.25) is 5.02 Å². The lowest BCUT2D eigenvalue weighted by Gasteiger charge is -2.54. The maximum Gasteiger partial charge on any atom is 0.319 e. The monoisotopic (exact) mass is 557 g/mol. The number of nitrogens with zero attached hydrogens (tertiary/aromatic N) is 5. The van der Waals surface area contributed by atoms with E-state index in [2.05, 4.69) is 32.1 Å². The summed E-state index contributed by atoms with van der Waals surface area (Å²) in [5.41, 5.74) is 6.72. The van der Waals surface area contributed by atoms with Gasteiger partial charge in [-0.25, -0.2) is 13.8 Å². The topological polar surface area (TPSA) is 92.4 Å². The number of hydrogen-bond donors (Lipinski definition) is 2. The molecule has 2 unspecified atom stereocenters. The second-order valence-electron chi connectivity index (χ2n) is 10.3. The largest absolute Gasteiger partial charge is 0.462 e. The molecule has 2 aromatic carbocycles. The number of rotatable bonds is 5. The van der Waals surface area contributed by atoms with Crippen LogP contribution in [0.5, 0.6) is 6.01 Å². The summed E-state index contributed by atoms with van der Waals surface area (Å²) in [6, 6.07) is 5.38. The van der Waals surface area contributed by atoms with Crippen molar-refractivity contribution in [2.75, 3.05) is 43.9 Å². The van der Waals surface area contributed by atoms with Crippen molar-refractivity contribution in [2.24, 2.45) is 0 Å². The number of nitrogens with two attached hydrogens (primary N) is 1. The number of benzene rings is 2. The SMILES string of the molecule is CN1CCC[C@H]1COc1nc(N2C3CNCC2C3)c2cc(Cl)c(-c3ccc(F)c4sc(N)nc34)c(F)c2n1. The Morgan fingerprint density at radius 1 is 1.18 bits per heavy atom. The Labute approximate surface area is 226 Å². The zero-order valence-electron chi connectivity index (χ0n) is 20.7. The van der Waals surface area contributed by atoms with Gasteiger partial charge < -0.3 is 25.6 Å². The number of ether oxygens (including phenoxy) is 1. The molecular formula is C26H26ClF2N7OS. The lowest BCUT2D eigenvalue weighted by atomic mass is 9.88. The number of aromatic nitrogens is 3. The normalized spacial score (nSPS) is 23.4. The summed E-state index contributed by atoms with van der Waals surface area (Å²) < 4.78 is 37.3. The van der Waals surface area contributed by atoms with Gasteiger partial charge in [0, 0.05) is 47.7 Å².